The molecule has 0 aliphatic carbocycles. The van der Waals surface area contributed by atoms with Gasteiger partial charge in [-0.05, 0) is 24.2 Å². The number of hydrogen-bond acceptors (Lipinski definition) is 6. The number of rotatable bonds is 4. The second-order valence-corrected chi connectivity index (χ2v) is 12.2. The largest absolute Gasteiger partial charge is 0.414 e. The van der Waals surface area contributed by atoms with Crippen molar-refractivity contribution in [1.29, 1.82) is 0 Å². The second-order valence-electron chi connectivity index (χ2n) is 7.44. The third-order valence-electron chi connectivity index (χ3n) is 4.69. The van der Waals surface area contributed by atoms with Crippen LogP contribution in [0.3, 0.4) is 0 Å². The topological polar surface area (TPSA) is 133 Å². The molecule has 2 heterocycles. The molecule has 0 radical (unpaired) electrons. The minimum absolute atomic E-state index is 0.0245. The van der Waals surface area contributed by atoms with Crippen LogP contribution in [0, 0.1) is 0 Å². The lowest BCUT2D eigenvalue weighted by Crippen LogP contribution is -2.43. The van der Waals surface area contributed by atoms with Crippen molar-refractivity contribution >= 4 is 25.6 Å². The first-order valence-corrected chi connectivity index (χ1v) is 10.8. The lowest BCUT2D eigenvalue weighted by atomic mass is 10.2. The molecule has 25 heavy (non-hydrogen) atoms. The number of aromatic nitrogens is 2. The van der Waals surface area contributed by atoms with Crippen LogP contribution in [0.2, 0.25) is 18.1 Å². The number of nitrogens with two attached hydrogens (primary N) is 1. The highest BCUT2D eigenvalue weighted by Gasteiger charge is 2.49. The molecule has 0 amide bonds. The van der Waals surface area contributed by atoms with Crippen LogP contribution < -0.4 is 11.4 Å². The number of ketones is 1. The van der Waals surface area contributed by atoms with Crippen molar-refractivity contribution in [3.05, 3.63) is 28.3 Å². The zero-order valence-corrected chi connectivity index (χ0v) is 16.0. The highest BCUT2D eigenvalue weighted by atomic mass is 28.4. The lowest BCUT2D eigenvalue weighted by Gasteiger charge is -2.36. The van der Waals surface area contributed by atoms with Gasteiger partial charge in [0, 0.05) is 6.20 Å². The van der Waals surface area contributed by atoms with E-state index >= 15 is 0 Å². The third-order valence-corrected chi connectivity index (χ3v) is 9.19. The summed E-state index contributed by atoms with van der Waals surface area (Å²) in [6, 6.07) is 1.38. The van der Waals surface area contributed by atoms with E-state index in [2.05, 4.69) is 43.6 Å². The maximum atomic E-state index is 12.4. The normalized spacial score (nSPS) is 21.5. The lowest BCUT2D eigenvalue weighted by molar-refractivity contribution is -0.127. The van der Waals surface area contributed by atoms with Crippen LogP contribution in [-0.2, 0) is 14.0 Å². The number of Topliss-reactive ketones (excluding diaryl/α,β-unsaturated/α-hetero) is 1. The number of nitrogen functional groups attached to an aromatic ring is 1. The van der Waals surface area contributed by atoms with Gasteiger partial charge in [0.1, 0.15) is 5.82 Å². The Kier molecular flexibility index (Phi) is 5.10. The molecule has 2 rings (SSSR count). The molecule has 0 bridgehead atoms. The Morgan fingerprint density at radius 2 is 2.08 bits per heavy atom. The van der Waals surface area contributed by atoms with Crippen LogP contribution >= 0.6 is 0 Å². The first kappa shape index (κ1) is 19.2. The predicted octanol–water partition coefficient (Wildman–Crippen LogP) is 0.985. The molecule has 10 heteroatoms. The van der Waals surface area contributed by atoms with Gasteiger partial charge in [0.25, 0.3) is 5.78 Å². The van der Waals surface area contributed by atoms with E-state index in [4.69, 9.17) is 14.9 Å². The van der Waals surface area contributed by atoms with E-state index in [1.165, 1.54) is 12.3 Å². The molecule has 136 valence electrons. The summed E-state index contributed by atoms with van der Waals surface area (Å²) in [5.41, 5.74) is 13.7. The molecule has 0 saturated carbocycles. The molecule has 1 aliphatic rings. The number of anilines is 1. The summed E-state index contributed by atoms with van der Waals surface area (Å²) in [7, 11) is -2.08. The van der Waals surface area contributed by atoms with Crippen molar-refractivity contribution in [1.82, 2.24) is 9.55 Å². The Morgan fingerprint density at radius 3 is 2.60 bits per heavy atom. The highest BCUT2D eigenvalue weighted by Crippen LogP contribution is 2.37. The quantitative estimate of drug-likeness (QED) is 0.480. The van der Waals surface area contributed by atoms with E-state index in [0.29, 0.717) is 0 Å². The number of carbonyl (C=O) groups excluding carboxylic acids is 1. The zero-order chi connectivity index (χ0) is 19.0. The summed E-state index contributed by atoms with van der Waals surface area (Å²) in [5.74, 6) is -0.569. The Morgan fingerprint density at radius 1 is 1.44 bits per heavy atom. The molecule has 2 N–H and O–H groups in total. The molecule has 0 spiro atoms. The maximum absolute atomic E-state index is 12.4. The van der Waals surface area contributed by atoms with Crippen molar-refractivity contribution in [3.8, 4) is 0 Å². The first-order chi connectivity index (χ1) is 11.5. The fourth-order valence-electron chi connectivity index (χ4n) is 2.10. The van der Waals surface area contributed by atoms with Gasteiger partial charge in [0.2, 0.25) is 6.23 Å². The van der Waals surface area contributed by atoms with Gasteiger partial charge in [-0.3, -0.25) is 9.36 Å². The van der Waals surface area contributed by atoms with Gasteiger partial charge >= 0.3 is 11.4 Å². The molecule has 1 aromatic rings. The molecular weight excluding hydrogens is 342 g/mol. The minimum atomic E-state index is -2.08. The monoisotopic (exact) mass is 365 g/mol. The fourth-order valence-corrected chi connectivity index (χ4v) is 3.10. The van der Waals surface area contributed by atoms with Crippen LogP contribution in [0.4, 0.5) is 5.82 Å². The van der Waals surface area contributed by atoms with E-state index in [1.54, 1.807) is 0 Å². The Hall–Kier alpha value is -2.13. The van der Waals surface area contributed by atoms with Gasteiger partial charge in [-0.1, -0.05) is 20.8 Å². The molecular formula is C15H23N5O4Si. The average molecular weight is 365 g/mol. The standard InChI is InChI=1S/C15H23N5O4Si/c1-15(2,3)25(4,5)23-8-9-11(19-17)12(21)13(24-9)20-7-6-10(16)18-14(20)22/h6-7,9,13H,8H2,1-5H3,(H2,16,18,22)/t9-,13-/m1/s1. The number of ether oxygens (including phenoxy) is 1. The molecule has 1 aliphatic heterocycles. The van der Waals surface area contributed by atoms with E-state index in [9.17, 15) is 15.1 Å². The number of hydrogen-bond donors (Lipinski definition) is 1. The van der Waals surface area contributed by atoms with Gasteiger partial charge < -0.3 is 20.4 Å². The number of nitrogens with zero attached hydrogens (tertiary/aromatic N) is 4. The summed E-state index contributed by atoms with van der Waals surface area (Å²) in [5, 5.41) is -0.0245. The van der Waals surface area contributed by atoms with Crippen LogP contribution in [0.25, 0.3) is 5.53 Å². The molecule has 1 aromatic heterocycles. The Labute approximate surface area is 146 Å². The average Bonchev–Trinajstić information content (AvgIpc) is 2.80. The SMILES string of the molecule is CC(C)(C)[Si](C)(C)OC[C@H]1O[C@@H](n2ccc(N)nc2=O)C(=O)C1=[N+]=[N-]. The summed E-state index contributed by atoms with van der Waals surface area (Å²) >= 11 is 0. The van der Waals surface area contributed by atoms with Gasteiger partial charge in [-0.15, -0.1) is 0 Å². The summed E-state index contributed by atoms with van der Waals surface area (Å²) in [6.07, 6.45) is -0.792. The molecule has 1 saturated heterocycles. The van der Waals surface area contributed by atoms with E-state index in [-0.39, 0.29) is 23.2 Å². The molecule has 2 atom stereocenters. The van der Waals surface area contributed by atoms with Crippen LogP contribution in [-0.4, -0.2) is 46.9 Å². The highest BCUT2D eigenvalue weighted by molar-refractivity contribution is 6.74. The summed E-state index contributed by atoms with van der Waals surface area (Å²) in [4.78, 5) is 31.0. The van der Waals surface area contributed by atoms with E-state index < -0.39 is 32.1 Å². The number of carbonyl (C=O) groups is 1. The molecule has 1 fully saturated rings. The van der Waals surface area contributed by atoms with Crippen molar-refractivity contribution < 1.29 is 18.7 Å². The maximum Gasteiger partial charge on any atom is 0.370 e. The van der Waals surface area contributed by atoms with Crippen molar-refractivity contribution in [2.24, 2.45) is 0 Å². The third kappa shape index (κ3) is 3.77. The summed E-state index contributed by atoms with van der Waals surface area (Å²) in [6.45, 7) is 10.4. The Bertz CT molecular complexity index is 792. The van der Waals surface area contributed by atoms with Crippen LogP contribution in [0.5, 0.6) is 0 Å². The molecule has 0 aromatic carbocycles. The van der Waals surface area contributed by atoms with Gasteiger partial charge in [-0.2, -0.15) is 9.77 Å². The second kappa shape index (κ2) is 6.64. The molecule has 9 nitrogen and oxygen atoms in total. The van der Waals surface area contributed by atoms with Gasteiger partial charge in [0.15, 0.2) is 14.4 Å². The van der Waals surface area contributed by atoms with E-state index in [1.807, 2.05) is 0 Å². The Balaban J connectivity index is 2.23. The first-order valence-electron chi connectivity index (χ1n) is 7.88. The van der Waals surface area contributed by atoms with Gasteiger partial charge in [-0.25, -0.2) is 4.79 Å². The minimum Gasteiger partial charge on any atom is -0.414 e. The van der Waals surface area contributed by atoms with Crippen molar-refractivity contribution in [2.45, 2.75) is 51.2 Å². The van der Waals surface area contributed by atoms with E-state index in [0.717, 1.165) is 4.57 Å². The molecule has 0 unspecified atom stereocenters. The van der Waals surface area contributed by atoms with Gasteiger partial charge in [0.05, 0.1) is 6.61 Å². The van der Waals surface area contributed by atoms with Crippen molar-refractivity contribution in [2.75, 3.05) is 12.3 Å². The predicted molar refractivity (Wildman–Crippen MR) is 93.6 cm³/mol. The smallest absolute Gasteiger partial charge is 0.370 e. The van der Waals surface area contributed by atoms with Crippen LogP contribution in [0.15, 0.2) is 17.1 Å². The zero-order valence-electron chi connectivity index (χ0n) is 15.0. The fraction of sp³-hybridized carbons (Fsp3) is 0.600. The van der Waals surface area contributed by atoms with Crippen molar-refractivity contribution in [3.63, 3.8) is 0 Å². The summed E-state index contributed by atoms with van der Waals surface area (Å²) < 4.78 is 12.7. The van der Waals surface area contributed by atoms with Crippen LogP contribution in [0.1, 0.15) is 27.0 Å².